The Morgan fingerprint density at radius 3 is 2.89 bits per heavy atom. The SMILES string of the molecule is N#Cc1cccc(NC(=O)c2ccc[n+]([O-])c2)c1. The molecule has 88 valence electrons. The number of carbonyl (C=O) groups is 1. The number of carbonyl (C=O) groups excluding carboxylic acids is 1. The lowest BCUT2D eigenvalue weighted by Gasteiger charge is -2.05. The number of nitrogens with one attached hydrogen (secondary N) is 1. The molecular formula is C13H9N3O2. The summed E-state index contributed by atoms with van der Waals surface area (Å²) in [7, 11) is 0. The van der Waals surface area contributed by atoms with Crippen molar-refractivity contribution in [2.75, 3.05) is 5.32 Å². The minimum absolute atomic E-state index is 0.259. The van der Waals surface area contributed by atoms with E-state index in [4.69, 9.17) is 5.26 Å². The van der Waals surface area contributed by atoms with Gasteiger partial charge in [-0.1, -0.05) is 6.07 Å². The molecule has 0 unspecified atom stereocenters. The van der Waals surface area contributed by atoms with Gasteiger partial charge in [-0.25, -0.2) is 0 Å². The highest BCUT2D eigenvalue weighted by molar-refractivity contribution is 6.03. The normalized spacial score (nSPS) is 9.50. The molecule has 1 aromatic heterocycles. The van der Waals surface area contributed by atoms with Crippen molar-refractivity contribution in [3.8, 4) is 6.07 Å². The molecule has 0 saturated carbocycles. The van der Waals surface area contributed by atoms with Crippen LogP contribution >= 0.6 is 0 Å². The first-order valence-corrected chi connectivity index (χ1v) is 5.19. The lowest BCUT2D eigenvalue weighted by Crippen LogP contribution is -2.27. The fourth-order valence-electron chi connectivity index (χ4n) is 1.46. The van der Waals surface area contributed by atoms with Crippen LogP contribution < -0.4 is 10.0 Å². The predicted octanol–water partition coefficient (Wildman–Crippen LogP) is 1.44. The van der Waals surface area contributed by atoms with Gasteiger partial charge >= 0.3 is 0 Å². The van der Waals surface area contributed by atoms with E-state index in [1.807, 2.05) is 6.07 Å². The van der Waals surface area contributed by atoms with Crippen LogP contribution in [-0.4, -0.2) is 5.91 Å². The van der Waals surface area contributed by atoms with E-state index < -0.39 is 5.91 Å². The summed E-state index contributed by atoms with van der Waals surface area (Å²) in [5.41, 5.74) is 1.23. The first-order chi connectivity index (χ1) is 8.69. The van der Waals surface area contributed by atoms with Crippen LogP contribution in [-0.2, 0) is 0 Å². The highest BCUT2D eigenvalue weighted by Gasteiger charge is 2.09. The summed E-state index contributed by atoms with van der Waals surface area (Å²) in [4.78, 5) is 11.8. The first-order valence-electron chi connectivity index (χ1n) is 5.19. The van der Waals surface area contributed by atoms with Crippen molar-refractivity contribution in [1.82, 2.24) is 0 Å². The Balaban J connectivity index is 2.19. The Morgan fingerprint density at radius 1 is 1.33 bits per heavy atom. The third kappa shape index (κ3) is 2.62. The van der Waals surface area contributed by atoms with Gasteiger partial charge in [0.15, 0.2) is 12.4 Å². The minimum atomic E-state index is -0.393. The van der Waals surface area contributed by atoms with Gasteiger partial charge in [0.1, 0.15) is 5.56 Å². The molecule has 18 heavy (non-hydrogen) atoms. The summed E-state index contributed by atoms with van der Waals surface area (Å²) in [5, 5.41) is 22.4. The fourth-order valence-corrected chi connectivity index (χ4v) is 1.46. The summed E-state index contributed by atoms with van der Waals surface area (Å²) in [6, 6.07) is 11.6. The Bertz CT molecular complexity index is 632. The molecule has 2 aromatic rings. The van der Waals surface area contributed by atoms with Crippen LogP contribution in [0.1, 0.15) is 15.9 Å². The van der Waals surface area contributed by atoms with E-state index in [0.717, 1.165) is 0 Å². The molecule has 2 rings (SSSR count). The van der Waals surface area contributed by atoms with Gasteiger partial charge in [0, 0.05) is 11.8 Å². The molecule has 1 N–H and O–H groups in total. The van der Waals surface area contributed by atoms with Crippen LogP contribution in [0.25, 0.3) is 0 Å². The van der Waals surface area contributed by atoms with Crippen molar-refractivity contribution in [3.63, 3.8) is 0 Å². The summed E-state index contributed by atoms with van der Waals surface area (Å²) in [6.07, 6.45) is 2.48. The maximum atomic E-state index is 11.8. The molecular weight excluding hydrogens is 230 g/mol. The molecule has 0 bridgehead atoms. The molecule has 0 atom stereocenters. The Morgan fingerprint density at radius 2 is 2.17 bits per heavy atom. The number of pyridine rings is 1. The summed E-state index contributed by atoms with van der Waals surface area (Å²) in [6.45, 7) is 0. The molecule has 0 aliphatic carbocycles. The van der Waals surface area contributed by atoms with Gasteiger partial charge in [-0.15, -0.1) is 0 Å². The lowest BCUT2D eigenvalue weighted by molar-refractivity contribution is -0.605. The Kier molecular flexibility index (Phi) is 3.21. The average Bonchev–Trinajstić information content (AvgIpc) is 2.39. The number of anilines is 1. The number of aromatic nitrogens is 1. The maximum absolute atomic E-state index is 11.8. The number of hydrogen-bond donors (Lipinski definition) is 1. The number of rotatable bonds is 2. The van der Waals surface area contributed by atoms with Gasteiger partial charge < -0.3 is 10.5 Å². The van der Waals surface area contributed by atoms with Gasteiger partial charge in [-0.05, 0) is 24.3 Å². The number of amides is 1. The number of nitriles is 1. The van der Waals surface area contributed by atoms with Gasteiger partial charge in [0.2, 0.25) is 0 Å². The summed E-state index contributed by atoms with van der Waals surface area (Å²) < 4.78 is 0.556. The molecule has 5 nitrogen and oxygen atoms in total. The monoisotopic (exact) mass is 239 g/mol. The van der Waals surface area contributed by atoms with Crippen molar-refractivity contribution in [2.24, 2.45) is 0 Å². The smallest absolute Gasteiger partial charge is 0.261 e. The second-order valence-electron chi connectivity index (χ2n) is 3.60. The predicted molar refractivity (Wildman–Crippen MR) is 64.5 cm³/mol. The van der Waals surface area contributed by atoms with Gasteiger partial charge in [-0.3, -0.25) is 4.79 Å². The first kappa shape index (κ1) is 11.6. The molecule has 0 saturated heterocycles. The van der Waals surface area contributed by atoms with Crippen LogP contribution in [0.3, 0.4) is 0 Å². The van der Waals surface area contributed by atoms with Crippen molar-refractivity contribution in [1.29, 1.82) is 5.26 Å². The molecule has 0 spiro atoms. The van der Waals surface area contributed by atoms with Gasteiger partial charge in [-0.2, -0.15) is 9.99 Å². The molecule has 1 heterocycles. The van der Waals surface area contributed by atoms with E-state index in [2.05, 4.69) is 5.32 Å². The molecule has 0 radical (unpaired) electrons. The van der Waals surface area contributed by atoms with E-state index in [-0.39, 0.29) is 5.56 Å². The molecule has 1 amide bonds. The van der Waals surface area contributed by atoms with E-state index in [0.29, 0.717) is 16.0 Å². The van der Waals surface area contributed by atoms with E-state index in [9.17, 15) is 10.0 Å². The van der Waals surface area contributed by atoms with Crippen molar-refractivity contribution in [2.45, 2.75) is 0 Å². The number of benzene rings is 1. The molecule has 1 aromatic carbocycles. The Labute approximate surface area is 104 Å². The number of nitrogens with zero attached hydrogens (tertiary/aromatic N) is 2. The van der Waals surface area contributed by atoms with E-state index >= 15 is 0 Å². The zero-order chi connectivity index (χ0) is 13.0. The van der Waals surface area contributed by atoms with Crippen molar-refractivity contribution >= 4 is 11.6 Å². The lowest BCUT2D eigenvalue weighted by atomic mass is 10.2. The third-order valence-electron chi connectivity index (χ3n) is 2.29. The van der Waals surface area contributed by atoms with Crippen LogP contribution in [0.4, 0.5) is 5.69 Å². The second kappa shape index (κ2) is 4.97. The second-order valence-corrected chi connectivity index (χ2v) is 3.60. The van der Waals surface area contributed by atoms with E-state index in [1.165, 1.54) is 24.5 Å². The molecule has 0 fully saturated rings. The van der Waals surface area contributed by atoms with Gasteiger partial charge in [0.25, 0.3) is 5.91 Å². The van der Waals surface area contributed by atoms with Crippen LogP contribution in [0, 0.1) is 16.5 Å². The average molecular weight is 239 g/mol. The Hall–Kier alpha value is -2.87. The van der Waals surface area contributed by atoms with Crippen molar-refractivity contribution in [3.05, 3.63) is 65.1 Å². The molecule has 0 aliphatic heterocycles. The molecule has 5 heteroatoms. The maximum Gasteiger partial charge on any atom is 0.261 e. The van der Waals surface area contributed by atoms with Crippen LogP contribution in [0.15, 0.2) is 48.8 Å². The largest absolute Gasteiger partial charge is 0.619 e. The fraction of sp³-hybridized carbons (Fsp3) is 0. The highest BCUT2D eigenvalue weighted by Crippen LogP contribution is 2.11. The summed E-state index contributed by atoms with van der Waals surface area (Å²) >= 11 is 0. The minimum Gasteiger partial charge on any atom is -0.619 e. The zero-order valence-electron chi connectivity index (χ0n) is 9.33. The highest BCUT2D eigenvalue weighted by atomic mass is 16.5. The quantitative estimate of drug-likeness (QED) is 0.636. The van der Waals surface area contributed by atoms with Gasteiger partial charge in [0.05, 0.1) is 11.6 Å². The van der Waals surface area contributed by atoms with E-state index in [1.54, 1.807) is 24.3 Å². The standard InChI is InChI=1S/C13H9N3O2/c14-8-10-3-1-5-12(7-10)15-13(17)11-4-2-6-16(18)9-11/h1-7,9H,(H,15,17). The summed E-state index contributed by atoms with van der Waals surface area (Å²) in [5.74, 6) is -0.393. The number of hydrogen-bond acceptors (Lipinski definition) is 3. The topological polar surface area (TPSA) is 79.8 Å². The molecule has 0 aliphatic rings. The zero-order valence-corrected chi connectivity index (χ0v) is 9.33. The van der Waals surface area contributed by atoms with Crippen LogP contribution in [0.2, 0.25) is 0 Å². The third-order valence-corrected chi connectivity index (χ3v) is 2.29. The van der Waals surface area contributed by atoms with Crippen LogP contribution in [0.5, 0.6) is 0 Å². The van der Waals surface area contributed by atoms with Crippen molar-refractivity contribution < 1.29 is 9.52 Å².